The Balaban J connectivity index is 2.03. The van der Waals surface area contributed by atoms with E-state index in [9.17, 15) is 14.4 Å². The van der Waals surface area contributed by atoms with Crippen LogP contribution in [0.1, 0.15) is 36.7 Å². The normalized spacial score (nSPS) is 10.4. The molecule has 0 heterocycles. The van der Waals surface area contributed by atoms with E-state index in [1.807, 2.05) is 6.92 Å². The Morgan fingerprint density at radius 3 is 2.52 bits per heavy atom. The maximum atomic E-state index is 12.3. The van der Waals surface area contributed by atoms with Gasteiger partial charge in [-0.2, -0.15) is 5.10 Å². The van der Waals surface area contributed by atoms with Crippen molar-refractivity contribution in [3.63, 3.8) is 0 Å². The van der Waals surface area contributed by atoms with Crippen molar-refractivity contribution < 1.29 is 28.6 Å². The fourth-order valence-electron chi connectivity index (χ4n) is 2.50. The third-order valence-corrected chi connectivity index (χ3v) is 3.74. The summed E-state index contributed by atoms with van der Waals surface area (Å²) in [6, 6.07) is 11.5. The molecule has 0 spiro atoms. The monoisotopic (exact) mass is 427 g/mol. The number of amides is 2. The van der Waals surface area contributed by atoms with Crippen molar-refractivity contribution in [1.29, 1.82) is 0 Å². The standard InChI is InChI=1S/C22H25N3O6/c1-4-29-20-11-16(9-10-19(20)31-14-21(27)30-5-2)13-23-25-22(28)17-7-6-8-18(12-17)24-15(3)26/h6-13H,4-5,14H2,1-3H3,(H,24,26)(H,25,28). The first-order valence-electron chi connectivity index (χ1n) is 9.69. The lowest BCUT2D eigenvalue weighted by Gasteiger charge is -2.12. The molecule has 0 aromatic heterocycles. The van der Waals surface area contributed by atoms with Crippen LogP contribution in [0.2, 0.25) is 0 Å². The number of benzene rings is 2. The molecule has 2 aromatic rings. The van der Waals surface area contributed by atoms with Crippen molar-refractivity contribution in [2.75, 3.05) is 25.1 Å². The Morgan fingerprint density at radius 1 is 1.00 bits per heavy atom. The molecule has 0 bridgehead atoms. The number of hydrogen-bond donors (Lipinski definition) is 2. The molecule has 0 fully saturated rings. The number of hydrogen-bond acceptors (Lipinski definition) is 7. The first-order valence-corrected chi connectivity index (χ1v) is 9.69. The molecular weight excluding hydrogens is 402 g/mol. The molecule has 164 valence electrons. The molecule has 0 unspecified atom stereocenters. The lowest BCUT2D eigenvalue weighted by Crippen LogP contribution is -2.18. The maximum Gasteiger partial charge on any atom is 0.344 e. The molecule has 0 saturated carbocycles. The average Bonchev–Trinajstić information content (AvgIpc) is 2.73. The van der Waals surface area contributed by atoms with Crippen LogP contribution in [-0.4, -0.2) is 43.8 Å². The maximum absolute atomic E-state index is 12.3. The predicted octanol–water partition coefficient (Wildman–Crippen LogP) is 2.75. The van der Waals surface area contributed by atoms with E-state index in [0.29, 0.717) is 34.9 Å². The van der Waals surface area contributed by atoms with E-state index < -0.39 is 11.9 Å². The van der Waals surface area contributed by atoms with Crippen molar-refractivity contribution in [3.8, 4) is 11.5 Å². The van der Waals surface area contributed by atoms with E-state index in [4.69, 9.17) is 14.2 Å². The zero-order valence-electron chi connectivity index (χ0n) is 17.6. The Bertz CT molecular complexity index is 958. The van der Waals surface area contributed by atoms with Crippen LogP contribution in [0.25, 0.3) is 0 Å². The van der Waals surface area contributed by atoms with Gasteiger partial charge >= 0.3 is 5.97 Å². The number of carbonyl (C=O) groups is 3. The van der Waals surface area contributed by atoms with Gasteiger partial charge in [-0.25, -0.2) is 10.2 Å². The van der Waals surface area contributed by atoms with E-state index in [-0.39, 0.29) is 19.1 Å². The van der Waals surface area contributed by atoms with Crippen molar-refractivity contribution >= 4 is 29.7 Å². The van der Waals surface area contributed by atoms with Gasteiger partial charge in [0.05, 0.1) is 19.4 Å². The van der Waals surface area contributed by atoms with Crippen molar-refractivity contribution in [2.45, 2.75) is 20.8 Å². The minimum atomic E-state index is -0.471. The topological polar surface area (TPSA) is 115 Å². The van der Waals surface area contributed by atoms with Gasteiger partial charge in [0.15, 0.2) is 18.1 Å². The fourth-order valence-corrected chi connectivity index (χ4v) is 2.50. The molecule has 2 aromatic carbocycles. The van der Waals surface area contributed by atoms with E-state index in [0.717, 1.165) is 0 Å². The van der Waals surface area contributed by atoms with Crippen molar-refractivity contribution in [2.24, 2.45) is 5.10 Å². The van der Waals surface area contributed by atoms with Gasteiger partial charge in [0.1, 0.15) is 0 Å². The molecule has 0 radical (unpaired) electrons. The lowest BCUT2D eigenvalue weighted by molar-refractivity contribution is -0.145. The predicted molar refractivity (Wildman–Crippen MR) is 116 cm³/mol. The van der Waals surface area contributed by atoms with E-state index in [1.165, 1.54) is 13.1 Å². The van der Waals surface area contributed by atoms with Crippen LogP contribution >= 0.6 is 0 Å². The Hall–Kier alpha value is -3.88. The minimum absolute atomic E-state index is 0.227. The third kappa shape index (κ3) is 7.81. The Labute approximate surface area is 180 Å². The van der Waals surface area contributed by atoms with Crippen molar-refractivity contribution in [1.82, 2.24) is 5.43 Å². The SMILES string of the molecule is CCOC(=O)COc1ccc(C=NNC(=O)c2cccc(NC(C)=O)c2)cc1OCC. The first-order chi connectivity index (χ1) is 14.9. The number of hydrazone groups is 1. The second-order valence-electron chi connectivity index (χ2n) is 6.19. The summed E-state index contributed by atoms with van der Waals surface area (Å²) >= 11 is 0. The fraction of sp³-hybridized carbons (Fsp3) is 0.273. The number of carbonyl (C=O) groups excluding carboxylic acids is 3. The molecule has 9 nitrogen and oxygen atoms in total. The van der Waals surface area contributed by atoms with Crippen LogP contribution in [0.4, 0.5) is 5.69 Å². The average molecular weight is 427 g/mol. The summed E-state index contributed by atoms with van der Waals surface area (Å²) in [5.74, 6) is -0.296. The van der Waals surface area contributed by atoms with Crippen LogP contribution in [0.5, 0.6) is 11.5 Å². The van der Waals surface area contributed by atoms with E-state index in [2.05, 4.69) is 15.8 Å². The molecule has 2 amide bonds. The molecule has 31 heavy (non-hydrogen) atoms. The third-order valence-electron chi connectivity index (χ3n) is 3.74. The summed E-state index contributed by atoms with van der Waals surface area (Å²) in [5, 5.41) is 6.57. The summed E-state index contributed by atoms with van der Waals surface area (Å²) < 4.78 is 15.8. The lowest BCUT2D eigenvalue weighted by atomic mass is 10.2. The molecule has 0 aliphatic heterocycles. The largest absolute Gasteiger partial charge is 0.490 e. The van der Waals surface area contributed by atoms with Gasteiger partial charge in [0.2, 0.25) is 5.91 Å². The second kappa shape index (κ2) is 12.0. The van der Waals surface area contributed by atoms with Gasteiger partial charge in [-0.3, -0.25) is 9.59 Å². The molecular formula is C22H25N3O6. The highest BCUT2D eigenvalue weighted by molar-refractivity contribution is 5.97. The van der Waals surface area contributed by atoms with Crippen LogP contribution in [0, 0.1) is 0 Å². The van der Waals surface area contributed by atoms with Gasteiger partial charge < -0.3 is 19.5 Å². The second-order valence-corrected chi connectivity index (χ2v) is 6.19. The van der Waals surface area contributed by atoms with Gasteiger partial charge in [0, 0.05) is 18.2 Å². The highest BCUT2D eigenvalue weighted by Crippen LogP contribution is 2.28. The number of rotatable bonds is 10. The summed E-state index contributed by atoms with van der Waals surface area (Å²) in [6.45, 7) is 5.38. The number of nitrogens with one attached hydrogen (secondary N) is 2. The summed E-state index contributed by atoms with van der Waals surface area (Å²) in [6.07, 6.45) is 1.45. The van der Waals surface area contributed by atoms with Gasteiger partial charge in [0.25, 0.3) is 5.91 Å². The number of ether oxygens (including phenoxy) is 3. The molecule has 2 rings (SSSR count). The molecule has 0 aliphatic rings. The number of esters is 1. The summed E-state index contributed by atoms with van der Waals surface area (Å²) in [4.78, 5) is 34.9. The highest BCUT2D eigenvalue weighted by Gasteiger charge is 2.10. The number of nitrogens with zero attached hydrogens (tertiary/aromatic N) is 1. The van der Waals surface area contributed by atoms with Gasteiger partial charge in [-0.05, 0) is 55.8 Å². The first kappa shape index (κ1) is 23.4. The molecule has 0 atom stereocenters. The van der Waals surface area contributed by atoms with E-state index >= 15 is 0 Å². The van der Waals surface area contributed by atoms with Crippen LogP contribution < -0.4 is 20.2 Å². The van der Waals surface area contributed by atoms with E-state index in [1.54, 1.807) is 49.4 Å². The smallest absolute Gasteiger partial charge is 0.344 e. The van der Waals surface area contributed by atoms with Gasteiger partial charge in [-0.15, -0.1) is 0 Å². The Kier molecular flexibility index (Phi) is 9.03. The van der Waals surface area contributed by atoms with Gasteiger partial charge in [-0.1, -0.05) is 6.07 Å². The minimum Gasteiger partial charge on any atom is -0.490 e. The van der Waals surface area contributed by atoms with Crippen LogP contribution in [0.15, 0.2) is 47.6 Å². The van der Waals surface area contributed by atoms with Crippen LogP contribution in [0.3, 0.4) is 0 Å². The zero-order valence-corrected chi connectivity index (χ0v) is 17.6. The highest BCUT2D eigenvalue weighted by atomic mass is 16.6. The summed E-state index contributed by atoms with van der Waals surface area (Å²) in [7, 11) is 0. The molecule has 0 saturated heterocycles. The van der Waals surface area contributed by atoms with Crippen LogP contribution in [-0.2, 0) is 14.3 Å². The Morgan fingerprint density at radius 2 is 1.81 bits per heavy atom. The van der Waals surface area contributed by atoms with Crippen molar-refractivity contribution in [3.05, 3.63) is 53.6 Å². The zero-order chi connectivity index (χ0) is 22.6. The molecule has 0 aliphatic carbocycles. The molecule has 2 N–H and O–H groups in total. The molecule has 9 heteroatoms. The summed E-state index contributed by atoms with van der Waals surface area (Å²) in [5.41, 5.74) is 3.95. The number of anilines is 1. The quantitative estimate of drug-likeness (QED) is 0.342.